The van der Waals surface area contributed by atoms with Crippen LogP contribution in [0.2, 0.25) is 0 Å². The van der Waals surface area contributed by atoms with Gasteiger partial charge in [0.15, 0.2) is 0 Å². The number of rotatable bonds is 4. The van der Waals surface area contributed by atoms with E-state index in [2.05, 4.69) is 10.3 Å². The van der Waals surface area contributed by atoms with Gasteiger partial charge in [0.05, 0.1) is 26.1 Å². The predicted molar refractivity (Wildman–Crippen MR) is 73.4 cm³/mol. The number of ether oxygens (including phenoxy) is 3. The van der Waals surface area contributed by atoms with E-state index in [1.807, 2.05) is 0 Å². The van der Waals surface area contributed by atoms with Crippen molar-refractivity contribution in [1.82, 2.24) is 4.98 Å². The Labute approximate surface area is 116 Å². The standard InChI is InChI=1S/C14H14N2O4/c1-18-11-4-6-12(7-5-11)20-14(17)16-10-3-8-13(19-2)15-9-10/h3-9H,1-2H3,(H,16,17). The molecule has 2 aromatic rings. The van der Waals surface area contributed by atoms with Gasteiger partial charge in [-0.3, -0.25) is 5.32 Å². The summed E-state index contributed by atoms with van der Waals surface area (Å²) in [7, 11) is 3.09. The summed E-state index contributed by atoms with van der Waals surface area (Å²) in [5, 5.41) is 2.56. The number of nitrogens with one attached hydrogen (secondary N) is 1. The average molecular weight is 274 g/mol. The number of nitrogens with zero attached hydrogens (tertiary/aromatic N) is 1. The van der Waals surface area contributed by atoms with Crippen LogP contribution in [0.25, 0.3) is 0 Å². The van der Waals surface area contributed by atoms with Crippen LogP contribution in [0.1, 0.15) is 0 Å². The van der Waals surface area contributed by atoms with Gasteiger partial charge in [-0.05, 0) is 30.3 Å². The number of hydrogen-bond acceptors (Lipinski definition) is 5. The smallest absolute Gasteiger partial charge is 0.417 e. The molecule has 1 N–H and O–H groups in total. The second kappa shape index (κ2) is 6.42. The number of methoxy groups -OCH3 is 2. The van der Waals surface area contributed by atoms with Gasteiger partial charge in [-0.1, -0.05) is 0 Å². The van der Waals surface area contributed by atoms with Crippen molar-refractivity contribution in [1.29, 1.82) is 0 Å². The van der Waals surface area contributed by atoms with Gasteiger partial charge in [-0.15, -0.1) is 0 Å². The van der Waals surface area contributed by atoms with E-state index in [1.165, 1.54) is 13.3 Å². The van der Waals surface area contributed by atoms with E-state index in [4.69, 9.17) is 14.2 Å². The largest absolute Gasteiger partial charge is 0.497 e. The fourth-order valence-electron chi connectivity index (χ4n) is 1.47. The highest BCUT2D eigenvalue weighted by Gasteiger charge is 2.05. The summed E-state index contributed by atoms with van der Waals surface area (Å²) in [4.78, 5) is 15.6. The molecule has 0 saturated carbocycles. The topological polar surface area (TPSA) is 69.7 Å². The quantitative estimate of drug-likeness (QED) is 0.928. The van der Waals surface area contributed by atoms with Crippen LogP contribution in [0, 0.1) is 0 Å². The van der Waals surface area contributed by atoms with E-state index >= 15 is 0 Å². The molecule has 1 heterocycles. The Morgan fingerprint density at radius 3 is 2.25 bits per heavy atom. The number of amides is 1. The van der Waals surface area contributed by atoms with E-state index in [9.17, 15) is 4.79 Å². The first kappa shape index (κ1) is 13.7. The lowest BCUT2D eigenvalue weighted by Gasteiger charge is -2.07. The number of benzene rings is 1. The van der Waals surface area contributed by atoms with Crippen LogP contribution in [0.15, 0.2) is 42.6 Å². The molecule has 0 bridgehead atoms. The molecule has 20 heavy (non-hydrogen) atoms. The molecule has 0 radical (unpaired) electrons. The van der Waals surface area contributed by atoms with Crippen LogP contribution < -0.4 is 19.5 Å². The minimum atomic E-state index is -0.595. The Bertz CT molecular complexity index is 515. The molecular weight excluding hydrogens is 260 g/mol. The second-order valence-corrected chi connectivity index (χ2v) is 3.78. The highest BCUT2D eigenvalue weighted by Crippen LogP contribution is 2.18. The lowest BCUT2D eigenvalue weighted by atomic mass is 10.3. The minimum absolute atomic E-state index is 0.421. The van der Waals surface area contributed by atoms with E-state index < -0.39 is 6.09 Å². The molecule has 0 spiro atoms. The maximum atomic E-state index is 11.7. The maximum absolute atomic E-state index is 11.7. The van der Waals surface area contributed by atoms with Gasteiger partial charge in [-0.25, -0.2) is 9.78 Å². The molecule has 1 aromatic heterocycles. The second-order valence-electron chi connectivity index (χ2n) is 3.78. The SMILES string of the molecule is COc1ccc(OC(=O)Nc2ccc(OC)nc2)cc1. The van der Waals surface area contributed by atoms with E-state index in [-0.39, 0.29) is 0 Å². The molecule has 6 heteroatoms. The number of hydrogen-bond donors (Lipinski definition) is 1. The van der Waals surface area contributed by atoms with E-state index in [1.54, 1.807) is 43.5 Å². The van der Waals surface area contributed by atoms with Gasteiger partial charge < -0.3 is 14.2 Å². The molecule has 1 aromatic carbocycles. The van der Waals surface area contributed by atoms with Crippen LogP contribution >= 0.6 is 0 Å². The molecule has 104 valence electrons. The highest BCUT2D eigenvalue weighted by atomic mass is 16.6. The summed E-state index contributed by atoms with van der Waals surface area (Å²) < 4.78 is 15.0. The molecule has 0 saturated heterocycles. The van der Waals surface area contributed by atoms with Crippen LogP contribution in [0.4, 0.5) is 10.5 Å². The third kappa shape index (κ3) is 3.61. The van der Waals surface area contributed by atoms with Crippen LogP contribution in [0.3, 0.4) is 0 Å². The third-order valence-electron chi connectivity index (χ3n) is 2.46. The number of carbonyl (C=O) groups excluding carboxylic acids is 1. The molecule has 0 aliphatic carbocycles. The molecule has 2 rings (SSSR count). The van der Waals surface area contributed by atoms with Crippen LogP contribution in [-0.4, -0.2) is 25.3 Å². The van der Waals surface area contributed by atoms with Gasteiger partial charge in [0.2, 0.25) is 5.88 Å². The number of carbonyl (C=O) groups is 1. The van der Waals surface area contributed by atoms with Crippen molar-refractivity contribution in [3.8, 4) is 17.4 Å². The third-order valence-corrected chi connectivity index (χ3v) is 2.46. The van der Waals surface area contributed by atoms with Crippen molar-refractivity contribution >= 4 is 11.8 Å². The molecule has 6 nitrogen and oxygen atoms in total. The minimum Gasteiger partial charge on any atom is -0.497 e. The summed E-state index contributed by atoms with van der Waals surface area (Å²) >= 11 is 0. The molecule has 0 aliphatic rings. The lowest BCUT2D eigenvalue weighted by molar-refractivity contribution is 0.215. The molecule has 0 unspecified atom stereocenters. The van der Waals surface area contributed by atoms with Crippen molar-refractivity contribution in [3.63, 3.8) is 0 Å². The molecule has 1 amide bonds. The lowest BCUT2D eigenvalue weighted by Crippen LogP contribution is -2.16. The summed E-state index contributed by atoms with van der Waals surface area (Å²) in [5.74, 6) is 1.58. The normalized spacial score (nSPS) is 9.70. The number of pyridine rings is 1. The molecule has 0 fully saturated rings. The van der Waals surface area contributed by atoms with Crippen molar-refractivity contribution < 1.29 is 19.0 Å². The summed E-state index contributed by atoms with van der Waals surface area (Å²) in [6.45, 7) is 0. The highest BCUT2D eigenvalue weighted by molar-refractivity contribution is 5.86. The molecule has 0 aliphatic heterocycles. The fourth-order valence-corrected chi connectivity index (χ4v) is 1.47. The van der Waals surface area contributed by atoms with Gasteiger partial charge >= 0.3 is 6.09 Å². The fraction of sp³-hybridized carbons (Fsp3) is 0.143. The number of aromatic nitrogens is 1. The van der Waals surface area contributed by atoms with E-state index in [0.29, 0.717) is 23.1 Å². The maximum Gasteiger partial charge on any atom is 0.417 e. The first-order valence-corrected chi connectivity index (χ1v) is 5.84. The first-order chi connectivity index (χ1) is 9.71. The van der Waals surface area contributed by atoms with Crippen molar-refractivity contribution in [2.45, 2.75) is 0 Å². The Kier molecular flexibility index (Phi) is 4.39. The zero-order chi connectivity index (χ0) is 14.4. The monoisotopic (exact) mass is 274 g/mol. The predicted octanol–water partition coefficient (Wildman–Crippen LogP) is 2.71. The summed E-state index contributed by atoms with van der Waals surface area (Å²) in [5.41, 5.74) is 0.518. The van der Waals surface area contributed by atoms with Gasteiger partial charge in [0.25, 0.3) is 0 Å². The van der Waals surface area contributed by atoms with Crippen molar-refractivity contribution in [2.24, 2.45) is 0 Å². The van der Waals surface area contributed by atoms with Crippen LogP contribution in [0.5, 0.6) is 17.4 Å². The van der Waals surface area contributed by atoms with Gasteiger partial charge in [0, 0.05) is 6.07 Å². The van der Waals surface area contributed by atoms with Gasteiger partial charge in [0.1, 0.15) is 11.5 Å². The average Bonchev–Trinajstić information content (AvgIpc) is 2.49. The zero-order valence-electron chi connectivity index (χ0n) is 11.1. The summed E-state index contributed by atoms with van der Waals surface area (Å²) in [6, 6.07) is 10.0. The first-order valence-electron chi connectivity index (χ1n) is 5.84. The Morgan fingerprint density at radius 1 is 1.00 bits per heavy atom. The Balaban J connectivity index is 1.93. The van der Waals surface area contributed by atoms with Crippen molar-refractivity contribution in [2.75, 3.05) is 19.5 Å². The molecular formula is C14H14N2O4. The Morgan fingerprint density at radius 2 is 1.70 bits per heavy atom. The van der Waals surface area contributed by atoms with Crippen LogP contribution in [-0.2, 0) is 0 Å². The molecule has 0 atom stereocenters. The summed E-state index contributed by atoms with van der Waals surface area (Å²) in [6.07, 6.45) is 0.885. The number of anilines is 1. The van der Waals surface area contributed by atoms with Crippen molar-refractivity contribution in [3.05, 3.63) is 42.6 Å². The zero-order valence-corrected chi connectivity index (χ0v) is 11.1. The van der Waals surface area contributed by atoms with Gasteiger partial charge in [-0.2, -0.15) is 0 Å². The van der Waals surface area contributed by atoms with E-state index in [0.717, 1.165) is 0 Å². The Hall–Kier alpha value is -2.76.